The van der Waals surface area contributed by atoms with Gasteiger partial charge in [-0.2, -0.15) is 13.2 Å². The monoisotopic (exact) mass is 362 g/mol. The first-order valence-electron chi connectivity index (χ1n) is 7.44. The van der Waals surface area contributed by atoms with Gasteiger partial charge in [0.15, 0.2) is 11.5 Å². The van der Waals surface area contributed by atoms with E-state index in [0.717, 1.165) is 5.39 Å². The van der Waals surface area contributed by atoms with Gasteiger partial charge in [-0.3, -0.25) is 9.78 Å². The first-order valence-corrected chi connectivity index (χ1v) is 7.44. The molecule has 0 fully saturated rings. The molecule has 1 amide bonds. The minimum absolute atomic E-state index is 0.0192. The molecule has 0 spiro atoms. The summed E-state index contributed by atoms with van der Waals surface area (Å²) in [6, 6.07) is 10.9. The summed E-state index contributed by atoms with van der Waals surface area (Å²) < 4.78 is 41.8. The number of anilines is 1. The number of ether oxygens (including phenoxy) is 1. The number of fused-ring (bicyclic) bond motifs is 1. The molecule has 3 rings (SSSR count). The number of phenols is 1. The molecule has 0 bridgehead atoms. The van der Waals surface area contributed by atoms with Crippen LogP contribution in [0.2, 0.25) is 0 Å². The molecule has 0 saturated carbocycles. The van der Waals surface area contributed by atoms with Crippen LogP contribution < -0.4 is 10.1 Å². The first-order chi connectivity index (χ1) is 12.3. The molecule has 26 heavy (non-hydrogen) atoms. The number of aromatic hydroxyl groups is 1. The van der Waals surface area contributed by atoms with Crippen molar-refractivity contribution in [1.82, 2.24) is 4.98 Å². The molecular formula is C18H13F3N2O3. The van der Waals surface area contributed by atoms with Gasteiger partial charge in [0.2, 0.25) is 0 Å². The summed E-state index contributed by atoms with van der Waals surface area (Å²) in [5.41, 5.74) is 1.24. The van der Waals surface area contributed by atoms with Crippen LogP contribution >= 0.6 is 0 Å². The lowest BCUT2D eigenvalue weighted by Crippen LogP contribution is -2.29. The summed E-state index contributed by atoms with van der Waals surface area (Å²) in [4.78, 5) is 15.2. The molecule has 0 atom stereocenters. The lowest BCUT2D eigenvalue weighted by molar-refractivity contribution is -0.167. The Labute approximate surface area is 146 Å². The fraction of sp³-hybridized carbons (Fsp3) is 0.111. The Morgan fingerprint density at radius 3 is 2.46 bits per heavy atom. The lowest BCUT2D eigenvalue weighted by atomic mass is 10.1. The highest BCUT2D eigenvalue weighted by atomic mass is 19.4. The van der Waals surface area contributed by atoms with E-state index in [4.69, 9.17) is 4.74 Å². The highest BCUT2D eigenvalue weighted by molar-refractivity contribution is 5.95. The Hall–Kier alpha value is -3.29. The number of alkyl halides is 3. The topological polar surface area (TPSA) is 71.5 Å². The quantitative estimate of drug-likeness (QED) is 0.735. The van der Waals surface area contributed by atoms with Crippen LogP contribution in [-0.2, 0) is 4.79 Å². The maximum Gasteiger partial charge on any atom is 0.471 e. The van der Waals surface area contributed by atoms with E-state index in [2.05, 4.69) is 4.98 Å². The number of pyridine rings is 1. The predicted molar refractivity (Wildman–Crippen MR) is 90.1 cm³/mol. The average molecular weight is 362 g/mol. The fourth-order valence-electron chi connectivity index (χ4n) is 2.43. The molecular weight excluding hydrogens is 349 g/mol. The second-order valence-corrected chi connectivity index (χ2v) is 5.44. The van der Waals surface area contributed by atoms with E-state index in [0.29, 0.717) is 22.4 Å². The fourth-order valence-corrected chi connectivity index (χ4v) is 2.43. The standard InChI is InChI=1S/C18H13F3N2O3/c1-26-15-7-4-11-8-14(22-9-13(11)16(15)24)10-2-5-12(6-3-10)23-17(25)18(19,20)21/h2-9,24H,1H3,(H,23,25). The summed E-state index contributed by atoms with van der Waals surface area (Å²) in [5, 5.41) is 13.1. The van der Waals surface area contributed by atoms with Crippen molar-refractivity contribution in [2.75, 3.05) is 12.4 Å². The molecule has 8 heteroatoms. The molecule has 3 aromatic rings. The molecule has 2 aromatic carbocycles. The van der Waals surface area contributed by atoms with Crippen molar-refractivity contribution < 1.29 is 27.8 Å². The number of halogens is 3. The van der Waals surface area contributed by atoms with Gasteiger partial charge in [-0.1, -0.05) is 18.2 Å². The molecule has 0 aliphatic carbocycles. The molecule has 1 heterocycles. The number of aromatic nitrogens is 1. The maximum absolute atomic E-state index is 12.3. The average Bonchev–Trinajstić information content (AvgIpc) is 2.61. The van der Waals surface area contributed by atoms with Crippen LogP contribution in [0, 0.1) is 0 Å². The second kappa shape index (κ2) is 6.55. The maximum atomic E-state index is 12.3. The van der Waals surface area contributed by atoms with Crippen molar-refractivity contribution >= 4 is 22.4 Å². The van der Waals surface area contributed by atoms with E-state index in [1.807, 2.05) is 0 Å². The Balaban J connectivity index is 1.88. The zero-order chi connectivity index (χ0) is 18.9. The molecule has 134 valence electrons. The Morgan fingerprint density at radius 1 is 1.15 bits per heavy atom. The molecule has 0 radical (unpaired) electrons. The number of benzene rings is 2. The van der Waals surface area contributed by atoms with Gasteiger partial charge in [0.25, 0.3) is 0 Å². The van der Waals surface area contributed by atoms with Crippen LogP contribution in [0.5, 0.6) is 11.5 Å². The third-order valence-electron chi connectivity index (χ3n) is 3.75. The molecule has 2 N–H and O–H groups in total. The molecule has 5 nitrogen and oxygen atoms in total. The zero-order valence-corrected chi connectivity index (χ0v) is 13.5. The minimum atomic E-state index is -4.94. The van der Waals surface area contributed by atoms with Crippen molar-refractivity contribution in [1.29, 1.82) is 0 Å². The predicted octanol–water partition coefficient (Wildman–Crippen LogP) is 4.12. The number of carbonyl (C=O) groups excluding carboxylic acids is 1. The molecule has 0 aliphatic heterocycles. The molecule has 0 unspecified atom stereocenters. The van der Waals surface area contributed by atoms with Crippen LogP contribution in [-0.4, -0.2) is 29.3 Å². The van der Waals surface area contributed by atoms with Crippen LogP contribution in [0.4, 0.5) is 18.9 Å². The third kappa shape index (κ3) is 3.39. The number of nitrogens with one attached hydrogen (secondary N) is 1. The summed E-state index contributed by atoms with van der Waals surface area (Å²) in [7, 11) is 1.45. The Morgan fingerprint density at radius 2 is 1.85 bits per heavy atom. The Kier molecular flexibility index (Phi) is 4.41. The number of nitrogens with zero attached hydrogens (tertiary/aromatic N) is 1. The minimum Gasteiger partial charge on any atom is -0.504 e. The van der Waals surface area contributed by atoms with Gasteiger partial charge in [-0.25, -0.2) is 0 Å². The van der Waals surface area contributed by atoms with E-state index in [1.165, 1.54) is 25.4 Å². The van der Waals surface area contributed by atoms with Crippen LogP contribution in [0.3, 0.4) is 0 Å². The van der Waals surface area contributed by atoms with Crippen LogP contribution in [0.1, 0.15) is 0 Å². The summed E-state index contributed by atoms with van der Waals surface area (Å²) in [5.74, 6) is -1.72. The number of rotatable bonds is 3. The summed E-state index contributed by atoms with van der Waals surface area (Å²) in [6.07, 6.45) is -3.45. The van der Waals surface area contributed by atoms with Crippen LogP contribution in [0.25, 0.3) is 22.0 Å². The van der Waals surface area contributed by atoms with Crippen molar-refractivity contribution in [2.24, 2.45) is 0 Å². The largest absolute Gasteiger partial charge is 0.504 e. The van der Waals surface area contributed by atoms with Gasteiger partial charge in [0.1, 0.15) is 0 Å². The van der Waals surface area contributed by atoms with Crippen LogP contribution in [0.15, 0.2) is 48.7 Å². The normalized spacial score (nSPS) is 11.4. The van der Waals surface area contributed by atoms with Gasteiger partial charge in [-0.05, 0) is 29.7 Å². The molecule has 0 aliphatic rings. The zero-order valence-electron chi connectivity index (χ0n) is 13.5. The van der Waals surface area contributed by atoms with Crippen molar-refractivity contribution in [3.8, 4) is 22.8 Å². The number of amides is 1. The second-order valence-electron chi connectivity index (χ2n) is 5.44. The van der Waals surface area contributed by atoms with Gasteiger partial charge < -0.3 is 15.2 Å². The van der Waals surface area contributed by atoms with E-state index < -0.39 is 12.1 Å². The van der Waals surface area contributed by atoms with E-state index in [1.54, 1.807) is 35.6 Å². The van der Waals surface area contributed by atoms with E-state index >= 15 is 0 Å². The van der Waals surface area contributed by atoms with Crippen molar-refractivity contribution in [2.45, 2.75) is 6.18 Å². The van der Waals surface area contributed by atoms with Crippen molar-refractivity contribution in [3.05, 3.63) is 48.7 Å². The first kappa shape index (κ1) is 17.5. The van der Waals surface area contributed by atoms with Gasteiger partial charge in [0.05, 0.1) is 12.8 Å². The summed E-state index contributed by atoms with van der Waals surface area (Å²) in [6.45, 7) is 0. The third-order valence-corrected chi connectivity index (χ3v) is 3.75. The van der Waals surface area contributed by atoms with Gasteiger partial charge in [-0.15, -0.1) is 0 Å². The van der Waals surface area contributed by atoms with Gasteiger partial charge >= 0.3 is 12.1 Å². The SMILES string of the molecule is COc1ccc2cc(-c3ccc(NC(=O)C(F)(F)F)cc3)ncc2c1O. The lowest BCUT2D eigenvalue weighted by Gasteiger charge is -2.10. The number of hydrogen-bond acceptors (Lipinski definition) is 4. The van der Waals surface area contributed by atoms with Gasteiger partial charge in [0, 0.05) is 22.8 Å². The molecule has 1 aromatic heterocycles. The molecule has 0 saturated heterocycles. The van der Waals surface area contributed by atoms with Crippen molar-refractivity contribution in [3.63, 3.8) is 0 Å². The highest BCUT2D eigenvalue weighted by Gasteiger charge is 2.38. The highest BCUT2D eigenvalue weighted by Crippen LogP contribution is 2.35. The number of phenolic OH excluding ortho intramolecular Hbond substituents is 1. The number of methoxy groups -OCH3 is 1. The summed E-state index contributed by atoms with van der Waals surface area (Å²) >= 11 is 0. The number of carbonyl (C=O) groups is 1. The van der Waals surface area contributed by atoms with E-state index in [-0.39, 0.29) is 11.4 Å². The van der Waals surface area contributed by atoms with E-state index in [9.17, 15) is 23.1 Å². The smallest absolute Gasteiger partial charge is 0.471 e. The number of hydrogen-bond donors (Lipinski definition) is 2. The Bertz CT molecular complexity index is 970.